The second kappa shape index (κ2) is 12.8. The molecule has 0 bridgehead atoms. The minimum Gasteiger partial charge on any atom is -0.493 e. The third-order valence-electron chi connectivity index (χ3n) is 6.50. The Bertz CT molecular complexity index is 1230. The van der Waals surface area contributed by atoms with Crippen molar-refractivity contribution in [3.8, 4) is 11.5 Å². The number of carbonyl (C=O) groups excluding carboxylic acids is 1. The number of fused-ring (bicyclic) bond motifs is 3. The van der Waals surface area contributed by atoms with Crippen LogP contribution in [0.2, 0.25) is 0 Å². The van der Waals surface area contributed by atoms with E-state index in [4.69, 9.17) is 15.2 Å². The lowest BCUT2D eigenvalue weighted by Crippen LogP contribution is -2.35. The number of pyridine rings is 1. The summed E-state index contributed by atoms with van der Waals surface area (Å²) in [5, 5.41) is 1.89. The van der Waals surface area contributed by atoms with Crippen LogP contribution in [0, 0.1) is 0 Å². The number of nitrogens with two attached hydrogens (primary N) is 1. The molecule has 5 rings (SSSR count). The zero-order valence-corrected chi connectivity index (χ0v) is 22.4. The Kier molecular flexibility index (Phi) is 9.24. The molecule has 1 atom stereocenters. The first-order chi connectivity index (χ1) is 18.1. The van der Waals surface area contributed by atoms with Crippen LogP contribution in [0.4, 0.5) is 11.5 Å². The van der Waals surface area contributed by atoms with Gasteiger partial charge in [0.05, 0.1) is 24.4 Å². The van der Waals surface area contributed by atoms with Gasteiger partial charge < -0.3 is 25.0 Å². The van der Waals surface area contributed by atoms with Crippen molar-refractivity contribution in [1.29, 1.82) is 0 Å². The second-order valence-corrected chi connectivity index (χ2v) is 9.20. The lowest BCUT2D eigenvalue weighted by molar-refractivity contribution is 0.0775. The number of amides is 1. The fourth-order valence-corrected chi connectivity index (χ4v) is 4.88. The molecule has 196 valence electrons. The highest BCUT2D eigenvalue weighted by Gasteiger charge is 2.31. The van der Waals surface area contributed by atoms with Crippen LogP contribution in [0.15, 0.2) is 53.7 Å². The van der Waals surface area contributed by atoms with Crippen LogP contribution < -0.4 is 20.1 Å². The van der Waals surface area contributed by atoms with Crippen LogP contribution >= 0.6 is 12.6 Å². The second-order valence-electron chi connectivity index (χ2n) is 8.94. The van der Waals surface area contributed by atoms with Crippen LogP contribution in [-0.2, 0) is 0 Å². The molecule has 37 heavy (non-hydrogen) atoms. The third-order valence-corrected chi connectivity index (χ3v) is 6.63. The van der Waals surface area contributed by atoms with E-state index in [2.05, 4.69) is 34.4 Å². The summed E-state index contributed by atoms with van der Waals surface area (Å²) in [5.41, 5.74) is 6.89. The standard InChI is InChI=1S/C18H18N2O3S.C10H17N3/c1-22-16-7-11-5-14-15(6-12(11)8-17(16)23-10-24)19-9-13-3-2-4-20(13)18(14)21;1-2-8-13(9-6-11)10-5-3-4-7-12-10/h5-9,13,24H,2-4,10H2,1H3;3-5,7H,2,6,8-9,11H2,1H3. The molecule has 2 N–H and O–H groups in total. The Morgan fingerprint density at radius 2 is 1.97 bits per heavy atom. The fraction of sp³-hybridized carbons (Fsp3) is 0.393. The molecule has 0 spiro atoms. The van der Waals surface area contributed by atoms with Gasteiger partial charge in [-0.1, -0.05) is 13.0 Å². The van der Waals surface area contributed by atoms with E-state index < -0.39 is 0 Å². The zero-order chi connectivity index (χ0) is 26.2. The Balaban J connectivity index is 0.000000209. The third kappa shape index (κ3) is 6.17. The van der Waals surface area contributed by atoms with Crippen LogP contribution in [0.3, 0.4) is 0 Å². The maximum Gasteiger partial charge on any atom is 0.256 e. The highest BCUT2D eigenvalue weighted by atomic mass is 32.1. The Morgan fingerprint density at radius 1 is 1.16 bits per heavy atom. The van der Waals surface area contributed by atoms with E-state index in [1.165, 1.54) is 0 Å². The molecule has 2 aromatic carbocycles. The van der Waals surface area contributed by atoms with Gasteiger partial charge in [0, 0.05) is 38.6 Å². The largest absolute Gasteiger partial charge is 0.493 e. The Labute approximate surface area is 223 Å². The van der Waals surface area contributed by atoms with Crippen molar-refractivity contribution in [2.24, 2.45) is 10.7 Å². The first-order valence-corrected chi connectivity index (χ1v) is 13.3. The van der Waals surface area contributed by atoms with Gasteiger partial charge in [-0.25, -0.2) is 4.98 Å². The predicted octanol–water partition coefficient (Wildman–Crippen LogP) is 4.69. The van der Waals surface area contributed by atoms with E-state index in [1.807, 2.05) is 59.8 Å². The van der Waals surface area contributed by atoms with Crippen LogP contribution in [0.1, 0.15) is 36.5 Å². The van der Waals surface area contributed by atoms with Crippen molar-refractivity contribution >= 4 is 47.0 Å². The normalized spacial score (nSPS) is 15.9. The van der Waals surface area contributed by atoms with Gasteiger partial charge in [-0.3, -0.25) is 9.79 Å². The van der Waals surface area contributed by atoms with Crippen molar-refractivity contribution in [2.45, 2.75) is 32.2 Å². The highest BCUT2D eigenvalue weighted by molar-refractivity contribution is 7.80. The number of methoxy groups -OCH3 is 1. The summed E-state index contributed by atoms with van der Waals surface area (Å²) in [4.78, 5) is 25.8. The molecule has 0 saturated carbocycles. The molecule has 2 aliphatic heterocycles. The number of aromatic nitrogens is 1. The van der Waals surface area contributed by atoms with Crippen molar-refractivity contribution in [2.75, 3.05) is 44.1 Å². The number of ether oxygens (including phenoxy) is 2. The lowest BCUT2D eigenvalue weighted by atomic mass is 10.0. The monoisotopic (exact) mass is 521 g/mol. The number of benzene rings is 2. The molecule has 3 aromatic rings. The summed E-state index contributed by atoms with van der Waals surface area (Å²) >= 11 is 4.10. The van der Waals surface area contributed by atoms with Crippen molar-refractivity contribution < 1.29 is 14.3 Å². The smallest absolute Gasteiger partial charge is 0.256 e. The summed E-state index contributed by atoms with van der Waals surface area (Å²) in [6.07, 6.45) is 6.85. The van der Waals surface area contributed by atoms with E-state index in [0.29, 0.717) is 29.3 Å². The van der Waals surface area contributed by atoms with Gasteiger partial charge in [-0.2, -0.15) is 0 Å². The molecule has 0 radical (unpaired) electrons. The number of anilines is 1. The van der Waals surface area contributed by atoms with Gasteiger partial charge >= 0.3 is 0 Å². The molecule has 8 nitrogen and oxygen atoms in total. The fourth-order valence-electron chi connectivity index (χ4n) is 4.74. The molecule has 1 saturated heterocycles. The van der Waals surface area contributed by atoms with E-state index >= 15 is 0 Å². The molecule has 0 aliphatic carbocycles. The molecular weight excluding hydrogens is 486 g/mol. The average molecular weight is 522 g/mol. The first-order valence-electron chi connectivity index (χ1n) is 12.7. The number of rotatable bonds is 8. The van der Waals surface area contributed by atoms with Gasteiger partial charge in [0.15, 0.2) is 11.5 Å². The maximum absolute atomic E-state index is 12.9. The first kappa shape index (κ1) is 26.8. The van der Waals surface area contributed by atoms with Crippen molar-refractivity contribution in [3.05, 3.63) is 54.2 Å². The molecule has 3 heterocycles. The SMILES string of the molecule is CCCN(CCN)c1ccccn1.COc1cc2cc3c(cc2cc1OCS)N=CC1CCCN1C3=O. The van der Waals surface area contributed by atoms with Crippen LogP contribution in [0.5, 0.6) is 11.5 Å². The lowest BCUT2D eigenvalue weighted by Gasteiger charge is -2.21. The topological polar surface area (TPSA) is 93.3 Å². The number of nitrogens with zero attached hydrogens (tertiary/aromatic N) is 4. The molecule has 1 aromatic heterocycles. The van der Waals surface area contributed by atoms with E-state index in [1.54, 1.807) is 7.11 Å². The predicted molar refractivity (Wildman–Crippen MR) is 153 cm³/mol. The summed E-state index contributed by atoms with van der Waals surface area (Å²) in [6, 6.07) is 13.7. The maximum atomic E-state index is 12.9. The number of thiol groups is 1. The zero-order valence-electron chi connectivity index (χ0n) is 21.5. The van der Waals surface area contributed by atoms with E-state index in [0.717, 1.165) is 55.5 Å². The van der Waals surface area contributed by atoms with Gasteiger partial charge in [-0.05, 0) is 66.4 Å². The summed E-state index contributed by atoms with van der Waals surface area (Å²) < 4.78 is 10.9. The molecule has 2 aliphatic rings. The van der Waals surface area contributed by atoms with Gasteiger partial charge in [-0.15, -0.1) is 12.6 Å². The summed E-state index contributed by atoms with van der Waals surface area (Å²) in [6.45, 7) is 5.53. The number of hydrogen-bond donors (Lipinski definition) is 2. The summed E-state index contributed by atoms with van der Waals surface area (Å²) in [5.74, 6) is 2.60. The van der Waals surface area contributed by atoms with Gasteiger partial charge in [0.1, 0.15) is 11.8 Å². The number of hydrogen-bond acceptors (Lipinski definition) is 8. The van der Waals surface area contributed by atoms with Crippen LogP contribution in [0.25, 0.3) is 10.8 Å². The molecule has 9 heteroatoms. The highest BCUT2D eigenvalue weighted by Crippen LogP contribution is 2.37. The number of aliphatic imine (C=N–C) groups is 1. The minimum absolute atomic E-state index is 0.0570. The summed E-state index contributed by atoms with van der Waals surface area (Å²) in [7, 11) is 1.60. The molecular formula is C28H35N5O3S. The van der Waals surface area contributed by atoms with Gasteiger partial charge in [0.2, 0.25) is 0 Å². The van der Waals surface area contributed by atoms with Crippen molar-refractivity contribution in [1.82, 2.24) is 9.88 Å². The molecule has 1 unspecified atom stereocenters. The minimum atomic E-state index is 0.0570. The van der Waals surface area contributed by atoms with Crippen molar-refractivity contribution in [3.63, 3.8) is 0 Å². The molecule has 1 fully saturated rings. The average Bonchev–Trinajstić information content (AvgIpc) is 3.36. The van der Waals surface area contributed by atoms with Gasteiger partial charge in [0.25, 0.3) is 5.91 Å². The van der Waals surface area contributed by atoms with E-state index in [9.17, 15) is 4.79 Å². The Morgan fingerprint density at radius 3 is 2.68 bits per heavy atom. The van der Waals surface area contributed by atoms with Crippen LogP contribution in [-0.4, -0.2) is 67.3 Å². The number of carbonyl (C=O) groups is 1. The Hall–Kier alpha value is -3.30. The van der Waals surface area contributed by atoms with E-state index in [-0.39, 0.29) is 17.9 Å². The molecule has 1 amide bonds. The quantitative estimate of drug-likeness (QED) is 0.330.